The number of rotatable bonds is 1. The number of nitrogens with zero attached hydrogens (tertiary/aromatic N) is 1. The Morgan fingerprint density at radius 1 is 1.78 bits per heavy atom. The summed E-state index contributed by atoms with van der Waals surface area (Å²) in [5, 5.41) is 13.8. The van der Waals surface area contributed by atoms with Crippen LogP contribution in [0.2, 0.25) is 0 Å². The molecule has 1 aliphatic heterocycles. The van der Waals surface area contributed by atoms with Gasteiger partial charge in [-0.1, -0.05) is 6.92 Å². The highest BCUT2D eigenvalue weighted by atomic mass is 16.5. The zero-order valence-electron chi connectivity index (χ0n) is 5.80. The number of hydrogen-bond donors (Lipinski definition) is 2. The topological polar surface area (TPSA) is 35.5 Å². The lowest BCUT2D eigenvalue weighted by Gasteiger charge is -2.29. The van der Waals surface area contributed by atoms with Crippen molar-refractivity contribution in [2.45, 2.75) is 19.4 Å². The molecule has 3 heteroatoms. The maximum Gasteiger partial charge on any atom is 0.0472 e. The van der Waals surface area contributed by atoms with Gasteiger partial charge < -0.3 is 10.5 Å². The van der Waals surface area contributed by atoms with Crippen molar-refractivity contribution in [3.63, 3.8) is 0 Å². The van der Waals surface area contributed by atoms with E-state index in [1.807, 2.05) is 0 Å². The Kier molecular flexibility index (Phi) is 2.45. The summed E-state index contributed by atoms with van der Waals surface area (Å²) < 4.78 is 0. The van der Waals surface area contributed by atoms with Crippen LogP contribution in [0.1, 0.15) is 13.3 Å². The van der Waals surface area contributed by atoms with E-state index in [0.29, 0.717) is 6.04 Å². The van der Waals surface area contributed by atoms with Gasteiger partial charge in [0.15, 0.2) is 0 Å². The standard InChI is InChI=1S/C6H14N2O/c1-2-6-5-7-3-4-8(6)9/h6-7,9H,2-5H2,1H3. The van der Waals surface area contributed by atoms with Crippen LogP contribution < -0.4 is 5.32 Å². The minimum Gasteiger partial charge on any atom is -0.314 e. The van der Waals surface area contributed by atoms with Gasteiger partial charge in [-0.15, -0.1) is 0 Å². The van der Waals surface area contributed by atoms with Gasteiger partial charge in [0.05, 0.1) is 0 Å². The molecule has 0 aromatic carbocycles. The van der Waals surface area contributed by atoms with Crippen LogP contribution in [0.3, 0.4) is 0 Å². The highest BCUT2D eigenvalue weighted by Gasteiger charge is 2.17. The van der Waals surface area contributed by atoms with Crippen molar-refractivity contribution >= 4 is 0 Å². The van der Waals surface area contributed by atoms with E-state index in [1.165, 1.54) is 5.06 Å². The van der Waals surface area contributed by atoms with Gasteiger partial charge in [0.25, 0.3) is 0 Å². The van der Waals surface area contributed by atoms with Crippen LogP contribution in [0.15, 0.2) is 0 Å². The highest BCUT2D eigenvalue weighted by molar-refractivity contribution is 4.72. The van der Waals surface area contributed by atoms with Crippen LogP contribution in [-0.4, -0.2) is 35.9 Å². The summed E-state index contributed by atoms with van der Waals surface area (Å²) in [4.78, 5) is 0. The average Bonchev–Trinajstić information content (AvgIpc) is 1.89. The molecule has 0 aromatic rings. The van der Waals surface area contributed by atoms with E-state index in [9.17, 15) is 0 Å². The minimum atomic E-state index is 0.332. The minimum absolute atomic E-state index is 0.332. The van der Waals surface area contributed by atoms with Gasteiger partial charge in [-0.2, -0.15) is 5.06 Å². The molecule has 3 nitrogen and oxygen atoms in total. The quantitative estimate of drug-likeness (QED) is 0.527. The van der Waals surface area contributed by atoms with Crippen LogP contribution in [0, 0.1) is 0 Å². The molecule has 1 saturated heterocycles. The van der Waals surface area contributed by atoms with Gasteiger partial charge >= 0.3 is 0 Å². The first kappa shape index (κ1) is 6.99. The van der Waals surface area contributed by atoms with Crippen molar-refractivity contribution in [1.29, 1.82) is 0 Å². The smallest absolute Gasteiger partial charge is 0.0472 e. The Labute approximate surface area is 55.6 Å². The number of hydrogen-bond acceptors (Lipinski definition) is 3. The molecule has 1 heterocycles. The Morgan fingerprint density at radius 3 is 3.00 bits per heavy atom. The molecule has 0 saturated carbocycles. The first-order valence-electron chi connectivity index (χ1n) is 3.51. The molecule has 1 fully saturated rings. The average molecular weight is 130 g/mol. The molecule has 0 radical (unpaired) electrons. The van der Waals surface area contributed by atoms with E-state index < -0.39 is 0 Å². The molecule has 1 atom stereocenters. The van der Waals surface area contributed by atoms with Crippen molar-refractivity contribution < 1.29 is 5.21 Å². The van der Waals surface area contributed by atoms with Crippen molar-refractivity contribution in [1.82, 2.24) is 10.4 Å². The normalized spacial score (nSPS) is 30.7. The predicted molar refractivity (Wildman–Crippen MR) is 35.4 cm³/mol. The molecular formula is C6H14N2O. The Hall–Kier alpha value is -0.120. The second kappa shape index (κ2) is 3.15. The van der Waals surface area contributed by atoms with Gasteiger partial charge in [-0.05, 0) is 6.42 Å². The zero-order valence-corrected chi connectivity index (χ0v) is 5.80. The van der Waals surface area contributed by atoms with Crippen LogP contribution in [0.25, 0.3) is 0 Å². The van der Waals surface area contributed by atoms with Gasteiger partial charge in [0.1, 0.15) is 0 Å². The zero-order chi connectivity index (χ0) is 6.69. The van der Waals surface area contributed by atoms with Crippen molar-refractivity contribution in [2.75, 3.05) is 19.6 Å². The third-order valence-corrected chi connectivity index (χ3v) is 1.79. The molecule has 1 aliphatic rings. The Bertz CT molecular complexity index is 87.1. The summed E-state index contributed by atoms with van der Waals surface area (Å²) in [7, 11) is 0. The fourth-order valence-corrected chi connectivity index (χ4v) is 1.11. The fraction of sp³-hybridized carbons (Fsp3) is 1.00. The molecule has 2 N–H and O–H groups in total. The lowest BCUT2D eigenvalue weighted by Crippen LogP contribution is -2.49. The van der Waals surface area contributed by atoms with E-state index in [2.05, 4.69) is 12.2 Å². The van der Waals surface area contributed by atoms with E-state index >= 15 is 0 Å². The number of nitrogens with one attached hydrogen (secondary N) is 1. The van der Waals surface area contributed by atoms with Crippen molar-refractivity contribution in [3.05, 3.63) is 0 Å². The van der Waals surface area contributed by atoms with Crippen molar-refractivity contribution in [2.24, 2.45) is 0 Å². The van der Waals surface area contributed by atoms with Gasteiger partial charge in [0, 0.05) is 25.7 Å². The van der Waals surface area contributed by atoms with Gasteiger partial charge in [-0.25, -0.2) is 0 Å². The maximum atomic E-state index is 9.16. The molecule has 1 rings (SSSR count). The molecule has 0 aromatic heterocycles. The second-order valence-corrected chi connectivity index (χ2v) is 2.43. The van der Waals surface area contributed by atoms with Gasteiger partial charge in [0.2, 0.25) is 0 Å². The third kappa shape index (κ3) is 1.64. The summed E-state index contributed by atoms with van der Waals surface area (Å²) in [6.07, 6.45) is 1.02. The number of hydroxylamine groups is 2. The maximum absolute atomic E-state index is 9.16. The largest absolute Gasteiger partial charge is 0.314 e. The molecule has 0 amide bonds. The van der Waals surface area contributed by atoms with Crippen LogP contribution in [0.4, 0.5) is 0 Å². The molecule has 54 valence electrons. The molecule has 0 spiro atoms. The lowest BCUT2D eigenvalue weighted by atomic mass is 10.2. The van der Waals surface area contributed by atoms with Crippen LogP contribution in [0.5, 0.6) is 0 Å². The van der Waals surface area contributed by atoms with Crippen molar-refractivity contribution in [3.8, 4) is 0 Å². The van der Waals surface area contributed by atoms with E-state index in [1.54, 1.807) is 0 Å². The van der Waals surface area contributed by atoms with E-state index in [-0.39, 0.29) is 0 Å². The summed E-state index contributed by atoms with van der Waals surface area (Å²) in [6, 6.07) is 0.332. The predicted octanol–water partition coefficient (Wildman–Crippen LogP) is 0.0594. The Balaban J connectivity index is 2.30. The highest BCUT2D eigenvalue weighted by Crippen LogP contribution is 2.01. The first-order valence-corrected chi connectivity index (χ1v) is 3.51. The monoisotopic (exact) mass is 130 g/mol. The summed E-state index contributed by atoms with van der Waals surface area (Å²) in [6.45, 7) is 4.68. The summed E-state index contributed by atoms with van der Waals surface area (Å²) in [5.41, 5.74) is 0. The third-order valence-electron chi connectivity index (χ3n) is 1.79. The summed E-state index contributed by atoms with van der Waals surface area (Å²) in [5.74, 6) is 0. The molecule has 9 heavy (non-hydrogen) atoms. The fourth-order valence-electron chi connectivity index (χ4n) is 1.11. The Morgan fingerprint density at radius 2 is 2.56 bits per heavy atom. The van der Waals surface area contributed by atoms with Crippen LogP contribution >= 0.6 is 0 Å². The van der Waals surface area contributed by atoms with Crippen LogP contribution in [-0.2, 0) is 0 Å². The second-order valence-electron chi connectivity index (χ2n) is 2.43. The number of piperazine rings is 1. The summed E-state index contributed by atoms with van der Waals surface area (Å²) >= 11 is 0. The SMILES string of the molecule is CCC1CNCCN1O. The lowest BCUT2D eigenvalue weighted by molar-refractivity contribution is -0.136. The molecule has 0 bridgehead atoms. The molecule has 0 aliphatic carbocycles. The first-order chi connectivity index (χ1) is 4.34. The molecular weight excluding hydrogens is 116 g/mol. The molecule has 1 unspecified atom stereocenters. The van der Waals surface area contributed by atoms with Gasteiger partial charge in [-0.3, -0.25) is 0 Å². The van der Waals surface area contributed by atoms with E-state index in [0.717, 1.165) is 26.1 Å². The van der Waals surface area contributed by atoms with E-state index in [4.69, 9.17) is 5.21 Å².